The van der Waals surface area contributed by atoms with Crippen LogP contribution in [0.3, 0.4) is 0 Å². The molecule has 0 fully saturated rings. The molecular weight excluding hydrogens is 476 g/mol. The summed E-state index contributed by atoms with van der Waals surface area (Å²) in [4.78, 5) is 50.0. The molecule has 3 amide bonds. The first-order chi connectivity index (χ1) is 16.8. The Bertz CT molecular complexity index is 1320. The Balaban J connectivity index is 1.53. The molecule has 11 heteroatoms. The van der Waals surface area contributed by atoms with Gasteiger partial charge < -0.3 is 15.4 Å². The van der Waals surface area contributed by atoms with Crippen LogP contribution in [0, 0.1) is 10.1 Å². The van der Waals surface area contributed by atoms with E-state index >= 15 is 0 Å². The fourth-order valence-corrected chi connectivity index (χ4v) is 3.90. The monoisotopic (exact) mass is 494 g/mol. The zero-order valence-corrected chi connectivity index (χ0v) is 19.2. The third-order valence-electron chi connectivity index (χ3n) is 5.32. The minimum absolute atomic E-state index is 0.0644. The second kappa shape index (κ2) is 9.92. The number of halogens is 1. The van der Waals surface area contributed by atoms with Crippen molar-refractivity contribution < 1.29 is 24.0 Å². The summed E-state index contributed by atoms with van der Waals surface area (Å²) in [5, 5.41) is 17.0. The molecule has 3 aromatic rings. The van der Waals surface area contributed by atoms with Gasteiger partial charge in [0, 0.05) is 31.0 Å². The summed E-state index contributed by atoms with van der Waals surface area (Å²) in [6, 6.07) is 14.9. The van der Waals surface area contributed by atoms with Gasteiger partial charge in [0.25, 0.3) is 23.4 Å². The molecule has 0 spiro atoms. The Hall–Kier alpha value is -4.28. The van der Waals surface area contributed by atoms with Gasteiger partial charge in [0.15, 0.2) is 0 Å². The van der Waals surface area contributed by atoms with Gasteiger partial charge in [0.2, 0.25) is 0 Å². The van der Waals surface area contributed by atoms with Crippen molar-refractivity contribution in [2.45, 2.75) is 0 Å². The molecular formula is C24H19ClN4O6. The summed E-state index contributed by atoms with van der Waals surface area (Å²) in [6.45, 7) is 0.720. The Morgan fingerprint density at radius 2 is 1.74 bits per heavy atom. The van der Waals surface area contributed by atoms with Gasteiger partial charge in [0.05, 0.1) is 33.4 Å². The summed E-state index contributed by atoms with van der Waals surface area (Å²) < 4.78 is 4.92. The van der Waals surface area contributed by atoms with Gasteiger partial charge in [-0.25, -0.2) is 4.90 Å². The smallest absolute Gasteiger partial charge is 0.293 e. The van der Waals surface area contributed by atoms with Gasteiger partial charge in [0.1, 0.15) is 5.69 Å². The average molecular weight is 495 g/mol. The second-order valence-electron chi connectivity index (χ2n) is 7.52. The summed E-state index contributed by atoms with van der Waals surface area (Å²) in [6.07, 6.45) is 0. The van der Waals surface area contributed by atoms with Gasteiger partial charge in [-0.3, -0.25) is 24.5 Å². The number of nitro groups is 1. The molecule has 0 unspecified atom stereocenters. The first-order valence-electron chi connectivity index (χ1n) is 10.4. The van der Waals surface area contributed by atoms with E-state index in [0.717, 1.165) is 4.90 Å². The van der Waals surface area contributed by atoms with Crippen LogP contribution in [0.5, 0.6) is 0 Å². The molecule has 10 nitrogen and oxygen atoms in total. The molecule has 2 N–H and O–H groups in total. The molecule has 3 aromatic carbocycles. The maximum atomic E-state index is 12.7. The fourth-order valence-electron chi connectivity index (χ4n) is 3.64. The summed E-state index contributed by atoms with van der Waals surface area (Å²) in [5.41, 5.74) is 1.10. The normalized spacial score (nSPS) is 12.5. The van der Waals surface area contributed by atoms with Crippen molar-refractivity contribution in [3.05, 3.63) is 92.5 Å². The second-order valence-corrected chi connectivity index (χ2v) is 7.93. The lowest BCUT2D eigenvalue weighted by atomic mass is 10.1. The minimum atomic E-state index is -0.596. The number of benzene rings is 3. The highest BCUT2D eigenvalue weighted by Crippen LogP contribution is 2.35. The van der Waals surface area contributed by atoms with Gasteiger partial charge in [-0.15, -0.1) is 0 Å². The van der Waals surface area contributed by atoms with Crippen molar-refractivity contribution in [2.24, 2.45) is 0 Å². The zero-order valence-electron chi connectivity index (χ0n) is 18.4. The maximum absolute atomic E-state index is 12.7. The number of hydrogen-bond donors (Lipinski definition) is 2. The van der Waals surface area contributed by atoms with E-state index < -0.39 is 22.6 Å². The topological polar surface area (TPSA) is 131 Å². The van der Waals surface area contributed by atoms with Gasteiger partial charge >= 0.3 is 0 Å². The average Bonchev–Trinajstić information content (AvgIpc) is 3.09. The van der Waals surface area contributed by atoms with E-state index in [1.54, 1.807) is 24.3 Å². The van der Waals surface area contributed by atoms with E-state index in [9.17, 15) is 24.5 Å². The SMILES string of the molecule is COCCNc1ccc(C(=O)Nc2ccc(N3C(=O)c4ccccc4C3=O)c(Cl)c2)cc1[N+](=O)[O-]. The largest absolute Gasteiger partial charge is 0.383 e. The quantitative estimate of drug-likeness (QED) is 0.206. The molecule has 1 aliphatic heterocycles. The predicted octanol–water partition coefficient (Wildman–Crippen LogP) is 4.36. The van der Waals surface area contributed by atoms with Crippen LogP contribution in [0.4, 0.5) is 22.7 Å². The Morgan fingerprint density at radius 1 is 1.06 bits per heavy atom. The van der Waals surface area contributed by atoms with Crippen LogP contribution in [-0.2, 0) is 4.74 Å². The van der Waals surface area contributed by atoms with E-state index in [1.165, 1.54) is 43.5 Å². The molecule has 0 saturated carbocycles. The third-order valence-corrected chi connectivity index (χ3v) is 5.62. The van der Waals surface area contributed by atoms with E-state index in [0.29, 0.717) is 13.2 Å². The predicted molar refractivity (Wildman–Crippen MR) is 130 cm³/mol. The van der Waals surface area contributed by atoms with Crippen LogP contribution in [0.15, 0.2) is 60.7 Å². The maximum Gasteiger partial charge on any atom is 0.293 e. The Labute approximate surface area is 204 Å². The number of amides is 3. The molecule has 4 rings (SSSR count). The van der Waals surface area contributed by atoms with E-state index in [-0.39, 0.29) is 44.5 Å². The number of imide groups is 1. The van der Waals surface area contributed by atoms with Crippen LogP contribution in [-0.4, -0.2) is 42.9 Å². The van der Waals surface area contributed by atoms with Crippen molar-refractivity contribution in [3.8, 4) is 0 Å². The first-order valence-corrected chi connectivity index (χ1v) is 10.8. The highest BCUT2D eigenvalue weighted by atomic mass is 35.5. The number of hydrogen-bond acceptors (Lipinski definition) is 7. The number of carbonyl (C=O) groups excluding carboxylic acids is 3. The number of nitrogens with zero attached hydrogens (tertiary/aromatic N) is 2. The number of methoxy groups -OCH3 is 1. The standard InChI is InChI=1S/C24H19ClN4O6/c1-35-11-10-26-19-8-6-14(12-21(19)29(33)34)22(30)27-15-7-9-20(18(25)13-15)28-23(31)16-4-2-3-5-17(16)24(28)32/h2-9,12-13,26H,10-11H2,1H3,(H,27,30). The number of carbonyl (C=O) groups is 3. The molecule has 178 valence electrons. The number of rotatable bonds is 8. The molecule has 0 saturated heterocycles. The van der Waals surface area contributed by atoms with E-state index in [4.69, 9.17) is 16.3 Å². The van der Waals surface area contributed by atoms with Crippen molar-refractivity contribution >= 4 is 52.1 Å². The molecule has 1 aliphatic rings. The fraction of sp³-hybridized carbons (Fsp3) is 0.125. The van der Waals surface area contributed by atoms with Crippen LogP contribution < -0.4 is 15.5 Å². The lowest BCUT2D eigenvalue weighted by molar-refractivity contribution is -0.384. The Kier molecular flexibility index (Phi) is 6.76. The van der Waals surface area contributed by atoms with E-state index in [2.05, 4.69) is 10.6 Å². The van der Waals surface area contributed by atoms with Crippen LogP contribution in [0.2, 0.25) is 5.02 Å². The lowest BCUT2D eigenvalue weighted by Crippen LogP contribution is -2.29. The molecule has 0 bridgehead atoms. The highest BCUT2D eigenvalue weighted by Gasteiger charge is 2.37. The van der Waals surface area contributed by atoms with Gasteiger partial charge in [-0.05, 0) is 42.5 Å². The van der Waals surface area contributed by atoms with Crippen molar-refractivity contribution in [2.75, 3.05) is 35.8 Å². The molecule has 0 radical (unpaired) electrons. The summed E-state index contributed by atoms with van der Waals surface area (Å²) >= 11 is 6.36. The van der Waals surface area contributed by atoms with Gasteiger partial charge in [-0.1, -0.05) is 23.7 Å². The highest BCUT2D eigenvalue weighted by molar-refractivity contribution is 6.40. The molecule has 0 aliphatic carbocycles. The number of ether oxygens (including phenoxy) is 1. The van der Waals surface area contributed by atoms with Crippen LogP contribution >= 0.6 is 11.6 Å². The molecule has 1 heterocycles. The van der Waals surface area contributed by atoms with Crippen molar-refractivity contribution in [3.63, 3.8) is 0 Å². The summed E-state index contributed by atoms with van der Waals surface area (Å²) in [7, 11) is 1.52. The van der Waals surface area contributed by atoms with Gasteiger partial charge in [-0.2, -0.15) is 0 Å². The zero-order chi connectivity index (χ0) is 25.1. The molecule has 0 aromatic heterocycles. The van der Waals surface area contributed by atoms with Crippen molar-refractivity contribution in [1.29, 1.82) is 0 Å². The number of nitro benzene ring substituents is 1. The molecule has 0 atom stereocenters. The first kappa shape index (κ1) is 23.9. The number of anilines is 3. The van der Waals surface area contributed by atoms with Crippen LogP contribution in [0.1, 0.15) is 31.1 Å². The van der Waals surface area contributed by atoms with Crippen LogP contribution in [0.25, 0.3) is 0 Å². The lowest BCUT2D eigenvalue weighted by Gasteiger charge is -2.16. The molecule has 35 heavy (non-hydrogen) atoms. The Morgan fingerprint density at radius 3 is 2.34 bits per heavy atom. The van der Waals surface area contributed by atoms with E-state index in [1.807, 2.05) is 0 Å². The number of fused-ring (bicyclic) bond motifs is 1. The summed E-state index contributed by atoms with van der Waals surface area (Å²) in [5.74, 6) is -1.58. The third kappa shape index (κ3) is 4.70. The number of nitrogens with one attached hydrogen (secondary N) is 2. The van der Waals surface area contributed by atoms with Crippen molar-refractivity contribution in [1.82, 2.24) is 0 Å². The minimum Gasteiger partial charge on any atom is -0.383 e.